The van der Waals surface area contributed by atoms with Crippen molar-refractivity contribution in [2.45, 2.75) is 38.6 Å². The average Bonchev–Trinajstić information content (AvgIpc) is 2.80. The fourth-order valence-electron chi connectivity index (χ4n) is 2.81. The number of oxazole rings is 1. The Labute approximate surface area is 129 Å². The number of halogens is 2. The van der Waals surface area contributed by atoms with E-state index in [0.717, 1.165) is 10.6 Å². The van der Waals surface area contributed by atoms with Gasteiger partial charge in [0.2, 0.25) is 11.8 Å². The van der Waals surface area contributed by atoms with Gasteiger partial charge in [0.25, 0.3) is 0 Å². The van der Waals surface area contributed by atoms with Crippen molar-refractivity contribution in [3.63, 3.8) is 0 Å². The third kappa shape index (κ3) is 2.34. The van der Waals surface area contributed by atoms with Crippen LogP contribution in [0.2, 0.25) is 0 Å². The van der Waals surface area contributed by atoms with Gasteiger partial charge >= 0.3 is 5.76 Å². The molecule has 0 saturated carbocycles. The van der Waals surface area contributed by atoms with Crippen molar-refractivity contribution >= 4 is 22.9 Å². The highest BCUT2D eigenvalue weighted by Gasteiger charge is 2.33. The van der Waals surface area contributed by atoms with Gasteiger partial charge in [0.15, 0.2) is 17.2 Å². The molecule has 2 heterocycles. The lowest BCUT2D eigenvalue weighted by molar-refractivity contribution is -0.135. The lowest BCUT2D eigenvalue weighted by Crippen LogP contribution is -2.43. The minimum atomic E-state index is -1.25. The predicted molar refractivity (Wildman–Crippen MR) is 75.9 cm³/mol. The lowest BCUT2D eigenvalue weighted by atomic mass is 10.0. The predicted octanol–water partition coefficient (Wildman–Crippen LogP) is 1.97. The van der Waals surface area contributed by atoms with Gasteiger partial charge in [-0.3, -0.25) is 19.5 Å². The van der Waals surface area contributed by atoms with Crippen LogP contribution in [-0.2, 0) is 9.59 Å². The number of nitrogens with one attached hydrogen (secondary N) is 1. The minimum absolute atomic E-state index is 0.00346. The lowest BCUT2D eigenvalue weighted by Gasteiger charge is -2.21. The molecular formula is C15H14F2N2O4. The van der Waals surface area contributed by atoms with Crippen molar-refractivity contribution in [2.75, 3.05) is 0 Å². The van der Waals surface area contributed by atoms with E-state index in [2.05, 4.69) is 5.32 Å². The molecule has 6 nitrogen and oxygen atoms in total. The molecule has 1 aromatic heterocycles. The molecule has 23 heavy (non-hydrogen) atoms. The smallest absolute Gasteiger partial charge is 0.407 e. The monoisotopic (exact) mass is 324 g/mol. The van der Waals surface area contributed by atoms with E-state index in [4.69, 9.17) is 4.42 Å². The molecule has 0 bridgehead atoms. The van der Waals surface area contributed by atoms with E-state index in [0.29, 0.717) is 5.56 Å². The molecule has 1 fully saturated rings. The molecule has 1 aliphatic heterocycles. The Morgan fingerprint density at radius 1 is 1.30 bits per heavy atom. The van der Waals surface area contributed by atoms with Crippen LogP contribution in [0.5, 0.6) is 0 Å². The Balaban J connectivity index is 2.30. The molecule has 2 aromatic rings. The second-order valence-corrected chi connectivity index (χ2v) is 5.80. The second kappa shape index (κ2) is 5.29. The van der Waals surface area contributed by atoms with E-state index in [-0.39, 0.29) is 29.9 Å². The molecule has 0 aliphatic carbocycles. The Kier molecular flexibility index (Phi) is 3.54. The number of aromatic nitrogens is 1. The van der Waals surface area contributed by atoms with E-state index in [1.165, 1.54) is 0 Å². The van der Waals surface area contributed by atoms with Crippen LogP contribution >= 0.6 is 0 Å². The molecule has 1 N–H and O–H groups in total. The first-order chi connectivity index (χ1) is 10.8. The van der Waals surface area contributed by atoms with Crippen molar-refractivity contribution < 1.29 is 22.8 Å². The van der Waals surface area contributed by atoms with Gasteiger partial charge in [-0.2, -0.15) is 0 Å². The maximum atomic E-state index is 14.3. The molecule has 1 atom stereocenters. The Morgan fingerprint density at radius 2 is 2.00 bits per heavy atom. The normalized spacial score (nSPS) is 18.7. The van der Waals surface area contributed by atoms with E-state index >= 15 is 0 Å². The van der Waals surface area contributed by atoms with Gasteiger partial charge in [-0.15, -0.1) is 0 Å². The maximum absolute atomic E-state index is 14.3. The summed E-state index contributed by atoms with van der Waals surface area (Å²) < 4.78 is 34.1. The zero-order chi connectivity index (χ0) is 16.9. The summed E-state index contributed by atoms with van der Waals surface area (Å²) in [6.45, 7) is 3.49. The Morgan fingerprint density at radius 3 is 2.61 bits per heavy atom. The summed E-state index contributed by atoms with van der Waals surface area (Å²) in [4.78, 5) is 35.3. The van der Waals surface area contributed by atoms with Crippen LogP contribution in [0.4, 0.5) is 8.78 Å². The number of benzene rings is 1. The number of hydrogen-bond donors (Lipinski definition) is 1. The van der Waals surface area contributed by atoms with Crippen molar-refractivity contribution in [3.05, 3.63) is 33.8 Å². The number of carbonyl (C=O) groups excluding carboxylic acids is 2. The molecule has 0 spiro atoms. The van der Waals surface area contributed by atoms with Crippen molar-refractivity contribution in [1.29, 1.82) is 0 Å². The molecular weight excluding hydrogens is 310 g/mol. The molecule has 122 valence electrons. The average molecular weight is 324 g/mol. The summed E-state index contributed by atoms with van der Waals surface area (Å²) in [5.74, 6) is -4.75. The molecule has 8 heteroatoms. The Hall–Kier alpha value is -2.51. The van der Waals surface area contributed by atoms with Crippen molar-refractivity contribution in [2.24, 2.45) is 0 Å². The largest absolute Gasteiger partial charge is 0.420 e. The van der Waals surface area contributed by atoms with E-state index in [1.54, 1.807) is 13.8 Å². The van der Waals surface area contributed by atoms with Crippen LogP contribution in [-0.4, -0.2) is 16.4 Å². The highest BCUT2D eigenvalue weighted by molar-refractivity contribution is 6.00. The van der Waals surface area contributed by atoms with Gasteiger partial charge in [-0.05, 0) is 18.4 Å². The first kappa shape index (κ1) is 15.4. The van der Waals surface area contributed by atoms with Crippen LogP contribution in [0.25, 0.3) is 11.1 Å². The van der Waals surface area contributed by atoms with Crippen LogP contribution in [0.1, 0.15) is 44.2 Å². The number of imide groups is 1. The summed E-state index contributed by atoms with van der Waals surface area (Å²) in [7, 11) is 0. The molecule has 1 saturated heterocycles. The molecule has 0 radical (unpaired) electrons. The first-order valence-electron chi connectivity index (χ1n) is 7.18. The van der Waals surface area contributed by atoms with Gasteiger partial charge in [0, 0.05) is 12.0 Å². The van der Waals surface area contributed by atoms with Crippen LogP contribution in [0.15, 0.2) is 15.3 Å². The van der Waals surface area contributed by atoms with Gasteiger partial charge in [-0.1, -0.05) is 13.8 Å². The Bertz CT molecular complexity index is 882. The van der Waals surface area contributed by atoms with Crippen LogP contribution in [0, 0.1) is 11.6 Å². The minimum Gasteiger partial charge on any atom is -0.407 e. The topological polar surface area (TPSA) is 81.3 Å². The summed E-state index contributed by atoms with van der Waals surface area (Å²) in [5, 5.41) is 2.09. The second-order valence-electron chi connectivity index (χ2n) is 5.80. The molecule has 1 aromatic carbocycles. The van der Waals surface area contributed by atoms with E-state index in [1.807, 2.05) is 0 Å². The highest BCUT2D eigenvalue weighted by atomic mass is 19.2. The number of nitrogens with zero attached hydrogens (tertiary/aromatic N) is 1. The van der Waals surface area contributed by atoms with Crippen LogP contribution < -0.4 is 11.1 Å². The van der Waals surface area contributed by atoms with Gasteiger partial charge in [0.1, 0.15) is 11.6 Å². The summed E-state index contributed by atoms with van der Waals surface area (Å²) in [5.41, 5.74) is -0.121. The molecule has 3 rings (SSSR count). The number of piperidine rings is 1. The first-order valence-corrected chi connectivity index (χ1v) is 7.18. The number of rotatable bonds is 2. The fourth-order valence-corrected chi connectivity index (χ4v) is 2.81. The summed E-state index contributed by atoms with van der Waals surface area (Å²) in [6.07, 6.45) is 0.0235. The van der Waals surface area contributed by atoms with Gasteiger partial charge in [0.05, 0.1) is 0 Å². The number of amides is 2. The number of fused-ring (bicyclic) bond motifs is 1. The maximum Gasteiger partial charge on any atom is 0.420 e. The molecule has 1 aliphatic rings. The van der Waals surface area contributed by atoms with E-state index < -0.39 is 35.2 Å². The van der Waals surface area contributed by atoms with Crippen LogP contribution in [0.3, 0.4) is 0 Å². The third-order valence-electron chi connectivity index (χ3n) is 3.95. The highest BCUT2D eigenvalue weighted by Crippen LogP contribution is 2.31. The SMILES string of the molecule is CC(C)c1cc(F)c(F)c2c1oc(=O)n2C1CCC(=O)NC1=O. The van der Waals surface area contributed by atoms with E-state index in [9.17, 15) is 23.2 Å². The van der Waals surface area contributed by atoms with Gasteiger partial charge in [-0.25, -0.2) is 13.6 Å². The summed E-state index contributed by atoms with van der Waals surface area (Å²) >= 11 is 0. The number of hydrogen-bond acceptors (Lipinski definition) is 4. The molecule has 2 amide bonds. The molecule has 1 unspecified atom stereocenters. The standard InChI is InChI=1S/C15H14F2N2O4/c1-6(2)7-5-8(16)11(17)12-13(7)23-15(22)19(12)9-3-4-10(20)18-14(9)21/h5-6,9H,3-4H2,1-2H3,(H,18,20,21). The fraction of sp³-hybridized carbons (Fsp3) is 0.400. The quantitative estimate of drug-likeness (QED) is 0.857. The number of carbonyl (C=O) groups is 2. The van der Waals surface area contributed by atoms with Crippen molar-refractivity contribution in [1.82, 2.24) is 9.88 Å². The zero-order valence-electron chi connectivity index (χ0n) is 12.5. The third-order valence-corrected chi connectivity index (χ3v) is 3.95. The summed E-state index contributed by atoms with van der Waals surface area (Å²) in [6, 6.07) is -0.127. The van der Waals surface area contributed by atoms with Gasteiger partial charge < -0.3 is 4.42 Å². The van der Waals surface area contributed by atoms with Crippen molar-refractivity contribution in [3.8, 4) is 0 Å². The zero-order valence-corrected chi connectivity index (χ0v) is 12.5.